The van der Waals surface area contributed by atoms with Gasteiger partial charge in [0.05, 0.1) is 11.7 Å². The molecule has 0 aromatic heterocycles. The number of aliphatic hydroxyl groups excluding tert-OH is 1. The zero-order valence-electron chi connectivity index (χ0n) is 10.2. The summed E-state index contributed by atoms with van der Waals surface area (Å²) in [5, 5.41) is 17.6. The number of allylic oxidation sites excluding steroid dienone is 2. The molecule has 0 aliphatic carbocycles. The summed E-state index contributed by atoms with van der Waals surface area (Å²) in [4.78, 5) is 0. The van der Waals surface area contributed by atoms with Crippen LogP contribution in [-0.2, 0) is 0 Å². The lowest BCUT2D eigenvalue weighted by molar-refractivity contribution is 0.133. The van der Waals surface area contributed by atoms with Gasteiger partial charge in [-0.2, -0.15) is 0 Å². The molecule has 0 amide bonds. The van der Waals surface area contributed by atoms with Crippen LogP contribution in [0.5, 0.6) is 0 Å². The van der Waals surface area contributed by atoms with E-state index >= 15 is 0 Å². The smallest absolute Gasteiger partial charge is 0.0771 e. The molecule has 0 spiro atoms. The molecular formula is C12H24O2. The molecule has 14 heavy (non-hydrogen) atoms. The Balaban J connectivity index is 0. The second-order valence-electron chi connectivity index (χ2n) is 4.14. The molecule has 0 fully saturated rings. The number of aliphatic hydroxyl groups is 2. The minimum atomic E-state index is -0.630. The third-order valence-corrected chi connectivity index (χ3v) is 1.15. The zero-order chi connectivity index (χ0) is 11.8. The van der Waals surface area contributed by atoms with Crippen LogP contribution in [-0.4, -0.2) is 21.9 Å². The average Bonchev–Trinajstić information content (AvgIpc) is 1.80. The molecule has 0 saturated heterocycles. The van der Waals surface area contributed by atoms with Gasteiger partial charge in [-0.15, -0.1) is 0 Å². The lowest BCUT2D eigenvalue weighted by Gasteiger charge is -2.08. The van der Waals surface area contributed by atoms with Gasteiger partial charge in [-0.3, -0.25) is 0 Å². The van der Waals surface area contributed by atoms with Crippen LogP contribution < -0.4 is 0 Å². The van der Waals surface area contributed by atoms with Crippen molar-refractivity contribution in [1.29, 1.82) is 0 Å². The molecule has 0 aliphatic rings. The third kappa shape index (κ3) is 22.5. The lowest BCUT2D eigenvalue weighted by Crippen LogP contribution is -2.13. The zero-order valence-corrected chi connectivity index (χ0v) is 10.2. The van der Waals surface area contributed by atoms with Crippen molar-refractivity contribution in [3.63, 3.8) is 0 Å². The SMILES string of the molecule is C/C=C/C(C)(C)O.CC(C)=CC(C)O. The van der Waals surface area contributed by atoms with Gasteiger partial charge in [0.2, 0.25) is 0 Å². The first kappa shape index (κ1) is 15.9. The van der Waals surface area contributed by atoms with Gasteiger partial charge < -0.3 is 10.2 Å². The highest BCUT2D eigenvalue weighted by Gasteiger charge is 2.03. The normalized spacial score (nSPS) is 13.1. The summed E-state index contributed by atoms with van der Waals surface area (Å²) >= 11 is 0. The molecule has 0 rings (SSSR count). The molecule has 0 aromatic rings. The van der Waals surface area contributed by atoms with Crippen molar-refractivity contribution in [3.05, 3.63) is 23.8 Å². The van der Waals surface area contributed by atoms with Crippen LogP contribution >= 0.6 is 0 Å². The van der Waals surface area contributed by atoms with Gasteiger partial charge in [-0.25, -0.2) is 0 Å². The van der Waals surface area contributed by atoms with Crippen LogP contribution in [0, 0.1) is 0 Å². The largest absolute Gasteiger partial charge is 0.389 e. The van der Waals surface area contributed by atoms with E-state index in [4.69, 9.17) is 10.2 Å². The maximum absolute atomic E-state index is 8.93. The van der Waals surface area contributed by atoms with Crippen molar-refractivity contribution in [1.82, 2.24) is 0 Å². The molecule has 0 bridgehead atoms. The fourth-order valence-electron chi connectivity index (χ4n) is 0.890. The summed E-state index contributed by atoms with van der Waals surface area (Å²) in [6, 6.07) is 0. The van der Waals surface area contributed by atoms with E-state index in [1.54, 1.807) is 32.9 Å². The van der Waals surface area contributed by atoms with Gasteiger partial charge in [0.15, 0.2) is 0 Å². The van der Waals surface area contributed by atoms with Crippen LogP contribution in [0.4, 0.5) is 0 Å². The predicted octanol–water partition coefficient (Wildman–Crippen LogP) is 2.67. The van der Waals surface area contributed by atoms with E-state index in [0.717, 1.165) is 5.57 Å². The average molecular weight is 200 g/mol. The fourth-order valence-corrected chi connectivity index (χ4v) is 0.890. The number of rotatable bonds is 2. The summed E-state index contributed by atoms with van der Waals surface area (Å²) in [7, 11) is 0. The highest BCUT2D eigenvalue weighted by molar-refractivity contribution is 4.96. The van der Waals surface area contributed by atoms with Crippen LogP contribution in [0.1, 0.15) is 41.5 Å². The highest BCUT2D eigenvalue weighted by atomic mass is 16.3. The Morgan fingerprint density at radius 1 is 1.29 bits per heavy atom. The van der Waals surface area contributed by atoms with E-state index in [0.29, 0.717) is 0 Å². The van der Waals surface area contributed by atoms with Crippen molar-refractivity contribution in [2.45, 2.75) is 53.2 Å². The molecule has 0 heterocycles. The molecule has 2 N–H and O–H groups in total. The molecule has 2 nitrogen and oxygen atoms in total. The maximum atomic E-state index is 8.93. The van der Waals surface area contributed by atoms with E-state index in [1.165, 1.54) is 0 Å². The third-order valence-electron chi connectivity index (χ3n) is 1.15. The summed E-state index contributed by atoms with van der Waals surface area (Å²) in [6.45, 7) is 11.0. The van der Waals surface area contributed by atoms with Gasteiger partial charge in [0, 0.05) is 0 Å². The second kappa shape index (κ2) is 7.77. The van der Waals surface area contributed by atoms with E-state index in [2.05, 4.69) is 0 Å². The van der Waals surface area contributed by atoms with Gasteiger partial charge in [-0.05, 0) is 41.5 Å². The van der Waals surface area contributed by atoms with E-state index < -0.39 is 5.60 Å². The van der Waals surface area contributed by atoms with E-state index in [1.807, 2.05) is 26.8 Å². The molecule has 2 heteroatoms. The van der Waals surface area contributed by atoms with Gasteiger partial charge in [0.1, 0.15) is 0 Å². The maximum Gasteiger partial charge on any atom is 0.0771 e. The minimum absolute atomic E-state index is 0.287. The molecule has 0 aliphatic heterocycles. The fraction of sp³-hybridized carbons (Fsp3) is 0.667. The van der Waals surface area contributed by atoms with Gasteiger partial charge in [-0.1, -0.05) is 23.8 Å². The standard InChI is InChI=1S/2C6H12O/c1-5(2)4-6(3)7;1-4-5-6(2,3)7/h4,6-7H,1-3H3;4-5,7H,1-3H3/b;5-4+. The number of hydrogen-bond donors (Lipinski definition) is 2. The first-order chi connectivity index (χ1) is 6.19. The summed E-state index contributed by atoms with van der Waals surface area (Å²) in [6.07, 6.45) is 5.09. The Labute approximate surface area is 88.0 Å². The second-order valence-corrected chi connectivity index (χ2v) is 4.14. The molecule has 1 unspecified atom stereocenters. The minimum Gasteiger partial charge on any atom is -0.389 e. The summed E-state index contributed by atoms with van der Waals surface area (Å²) in [5.74, 6) is 0. The van der Waals surface area contributed by atoms with Crippen molar-refractivity contribution in [2.24, 2.45) is 0 Å². The topological polar surface area (TPSA) is 40.5 Å². The Hall–Kier alpha value is -0.600. The number of hydrogen-bond acceptors (Lipinski definition) is 2. The van der Waals surface area contributed by atoms with Crippen molar-refractivity contribution < 1.29 is 10.2 Å². The molecular weight excluding hydrogens is 176 g/mol. The van der Waals surface area contributed by atoms with Crippen LogP contribution in [0.3, 0.4) is 0 Å². The lowest BCUT2D eigenvalue weighted by atomic mass is 10.1. The Morgan fingerprint density at radius 2 is 1.71 bits per heavy atom. The monoisotopic (exact) mass is 200 g/mol. The van der Waals surface area contributed by atoms with Crippen molar-refractivity contribution >= 4 is 0 Å². The Morgan fingerprint density at radius 3 is 1.71 bits per heavy atom. The first-order valence-corrected chi connectivity index (χ1v) is 4.88. The van der Waals surface area contributed by atoms with Crippen LogP contribution in [0.25, 0.3) is 0 Å². The first-order valence-electron chi connectivity index (χ1n) is 4.88. The van der Waals surface area contributed by atoms with E-state index in [9.17, 15) is 0 Å². The van der Waals surface area contributed by atoms with Crippen molar-refractivity contribution in [2.75, 3.05) is 0 Å². The Kier molecular flexibility index (Phi) is 8.80. The molecule has 0 aromatic carbocycles. The molecule has 1 atom stereocenters. The molecule has 0 saturated carbocycles. The van der Waals surface area contributed by atoms with E-state index in [-0.39, 0.29) is 6.10 Å². The quantitative estimate of drug-likeness (QED) is 0.673. The van der Waals surface area contributed by atoms with Crippen LogP contribution in [0.15, 0.2) is 23.8 Å². The summed E-state index contributed by atoms with van der Waals surface area (Å²) in [5.41, 5.74) is 0.532. The van der Waals surface area contributed by atoms with Crippen molar-refractivity contribution in [3.8, 4) is 0 Å². The molecule has 84 valence electrons. The van der Waals surface area contributed by atoms with Gasteiger partial charge in [0.25, 0.3) is 0 Å². The Bertz CT molecular complexity index is 179. The highest BCUT2D eigenvalue weighted by Crippen LogP contribution is 2.00. The predicted molar refractivity (Wildman–Crippen MR) is 62.2 cm³/mol. The van der Waals surface area contributed by atoms with Gasteiger partial charge >= 0.3 is 0 Å². The molecule has 0 radical (unpaired) electrons. The summed E-state index contributed by atoms with van der Waals surface area (Å²) < 4.78 is 0. The van der Waals surface area contributed by atoms with Crippen LogP contribution in [0.2, 0.25) is 0 Å².